The molecule has 0 aliphatic carbocycles. The van der Waals surface area contributed by atoms with Crippen LogP contribution in [0, 0.1) is 18.3 Å². The quantitative estimate of drug-likeness (QED) is 0.539. The molecule has 1 unspecified atom stereocenters. The smallest absolute Gasteiger partial charge is 0.282 e. The fourth-order valence-electron chi connectivity index (χ4n) is 4.80. The van der Waals surface area contributed by atoms with E-state index in [2.05, 4.69) is 26.0 Å². The molecule has 9 nitrogen and oxygen atoms in total. The molecular weight excluding hydrogens is 444 g/mol. The van der Waals surface area contributed by atoms with Gasteiger partial charge in [0.2, 0.25) is 0 Å². The molecule has 3 aromatic rings. The topological polar surface area (TPSA) is 126 Å². The van der Waals surface area contributed by atoms with Crippen LogP contribution >= 0.6 is 0 Å². The number of nitriles is 1. The number of rotatable bonds is 7. The van der Waals surface area contributed by atoms with Gasteiger partial charge in [-0.25, -0.2) is 23.4 Å². The molecule has 0 amide bonds. The third-order valence-corrected chi connectivity index (χ3v) is 6.40. The molecule has 3 N–H and O–H groups in total. The van der Waals surface area contributed by atoms with Gasteiger partial charge in [-0.15, -0.1) is 0 Å². The average molecular weight is 472 g/mol. The number of likely N-dealkylation sites (tertiary alicyclic amines) is 1. The number of ether oxygens (including phenoxy) is 1. The van der Waals surface area contributed by atoms with E-state index < -0.39 is 24.3 Å². The number of aliphatic hydroxyl groups excluding tert-OH is 1. The highest BCUT2D eigenvalue weighted by molar-refractivity contribution is 5.88. The Bertz CT molecular complexity index is 1260. The highest BCUT2D eigenvalue weighted by Gasteiger charge is 2.35. The zero-order valence-corrected chi connectivity index (χ0v) is 19.5. The number of β-amino-alcohol motifs (C(OH)–C–C–N with tert-alkyl or cyclic N) is 1. The summed E-state index contributed by atoms with van der Waals surface area (Å²) in [5, 5.41) is 23.7. The van der Waals surface area contributed by atoms with Gasteiger partial charge in [0.25, 0.3) is 6.43 Å². The van der Waals surface area contributed by atoms with Gasteiger partial charge in [0.15, 0.2) is 5.65 Å². The van der Waals surface area contributed by atoms with Crippen LogP contribution in [0.1, 0.15) is 60.2 Å². The van der Waals surface area contributed by atoms with Crippen LogP contribution in [0.2, 0.25) is 0 Å². The largest absolute Gasteiger partial charge is 0.496 e. The molecule has 0 spiro atoms. The van der Waals surface area contributed by atoms with Gasteiger partial charge in [-0.3, -0.25) is 4.90 Å². The molecule has 0 radical (unpaired) electrons. The number of methoxy groups -OCH3 is 1. The lowest BCUT2D eigenvalue weighted by Crippen LogP contribution is -2.48. The summed E-state index contributed by atoms with van der Waals surface area (Å²) >= 11 is 0. The van der Waals surface area contributed by atoms with Crippen LogP contribution in [-0.4, -0.2) is 62.6 Å². The minimum Gasteiger partial charge on any atom is -0.496 e. The maximum Gasteiger partial charge on any atom is 0.282 e. The number of hydrogen-bond donors (Lipinski definition) is 2. The van der Waals surface area contributed by atoms with E-state index in [1.165, 1.54) is 11.0 Å². The number of nitrogens with zero attached hydrogens (tertiary/aromatic N) is 6. The summed E-state index contributed by atoms with van der Waals surface area (Å²) in [6, 6.07) is 3.38. The van der Waals surface area contributed by atoms with Crippen molar-refractivity contribution in [2.75, 3.05) is 32.5 Å². The standard InChI is InChI=1S/C23H27F2N7O2/c1-11(33)7-31-8-15(9-31)17-12(2)14(6-26)5-16(20(17)34-4)13(3)32-23-18(19(30-32)21(24)25)22(27)28-10-29-23/h5,10-11,13,15,21,33H,7-9H2,1-4H3,(H2,27,28,29)/t11-,13?/m1/s1. The van der Waals surface area contributed by atoms with Crippen molar-refractivity contribution in [2.45, 2.75) is 45.3 Å². The third-order valence-electron chi connectivity index (χ3n) is 6.40. The summed E-state index contributed by atoms with van der Waals surface area (Å²) < 4.78 is 34.7. The molecule has 1 fully saturated rings. The van der Waals surface area contributed by atoms with Crippen LogP contribution in [0.25, 0.3) is 11.0 Å². The molecule has 34 heavy (non-hydrogen) atoms. The maximum atomic E-state index is 13.7. The van der Waals surface area contributed by atoms with Crippen LogP contribution in [0.5, 0.6) is 5.75 Å². The minimum absolute atomic E-state index is 0.0175. The number of nitrogens with two attached hydrogens (primary N) is 1. The minimum atomic E-state index is -2.86. The average Bonchev–Trinajstić information content (AvgIpc) is 3.16. The van der Waals surface area contributed by atoms with E-state index >= 15 is 0 Å². The van der Waals surface area contributed by atoms with E-state index in [-0.39, 0.29) is 22.8 Å². The second-order valence-corrected chi connectivity index (χ2v) is 8.73. The second-order valence-electron chi connectivity index (χ2n) is 8.73. The number of aromatic nitrogens is 4. The fourth-order valence-corrected chi connectivity index (χ4v) is 4.80. The number of fused-ring (bicyclic) bond motifs is 1. The van der Waals surface area contributed by atoms with E-state index in [9.17, 15) is 19.1 Å². The molecule has 0 saturated carbocycles. The van der Waals surface area contributed by atoms with Crippen LogP contribution in [0.3, 0.4) is 0 Å². The van der Waals surface area contributed by atoms with Gasteiger partial charge in [0.05, 0.1) is 36.3 Å². The summed E-state index contributed by atoms with van der Waals surface area (Å²) in [7, 11) is 1.55. The predicted octanol–water partition coefficient (Wildman–Crippen LogP) is 2.92. The summed E-state index contributed by atoms with van der Waals surface area (Å²) in [5.74, 6) is 0.632. The van der Waals surface area contributed by atoms with Crippen LogP contribution in [0.15, 0.2) is 12.4 Å². The Hall–Kier alpha value is -3.36. The first-order chi connectivity index (χ1) is 16.2. The monoisotopic (exact) mass is 471 g/mol. The molecule has 4 rings (SSSR count). The molecule has 1 saturated heterocycles. The van der Waals surface area contributed by atoms with Gasteiger partial charge in [0, 0.05) is 36.7 Å². The summed E-state index contributed by atoms with van der Waals surface area (Å²) in [5.41, 5.74) is 8.42. The van der Waals surface area contributed by atoms with Crippen molar-refractivity contribution in [2.24, 2.45) is 0 Å². The number of alkyl halides is 2. The molecular formula is C23H27F2N7O2. The molecule has 1 aliphatic rings. The van der Waals surface area contributed by atoms with E-state index in [1.807, 2.05) is 6.92 Å². The summed E-state index contributed by atoms with van der Waals surface area (Å²) in [6.07, 6.45) is -2.08. The number of hydrogen-bond acceptors (Lipinski definition) is 8. The van der Waals surface area contributed by atoms with Gasteiger partial charge in [-0.05, 0) is 32.4 Å². The van der Waals surface area contributed by atoms with Gasteiger partial charge in [0.1, 0.15) is 23.6 Å². The van der Waals surface area contributed by atoms with Crippen molar-refractivity contribution in [1.82, 2.24) is 24.6 Å². The molecule has 1 aromatic carbocycles. The van der Waals surface area contributed by atoms with Crippen LogP contribution in [0.4, 0.5) is 14.6 Å². The van der Waals surface area contributed by atoms with Gasteiger partial charge in [-0.1, -0.05) is 0 Å². The first kappa shape index (κ1) is 23.8. The predicted molar refractivity (Wildman–Crippen MR) is 122 cm³/mol. The Kier molecular flexibility index (Phi) is 6.38. The van der Waals surface area contributed by atoms with Crippen molar-refractivity contribution in [1.29, 1.82) is 5.26 Å². The highest BCUT2D eigenvalue weighted by atomic mass is 19.3. The first-order valence-electron chi connectivity index (χ1n) is 11.0. The first-order valence-corrected chi connectivity index (χ1v) is 11.0. The van der Waals surface area contributed by atoms with Crippen molar-refractivity contribution >= 4 is 16.9 Å². The third kappa shape index (κ3) is 3.93. The number of aliphatic hydroxyl groups is 1. The highest BCUT2D eigenvalue weighted by Crippen LogP contribution is 2.43. The SMILES string of the molecule is COc1c(C(C)n2nc(C(F)F)c3c(N)ncnc32)cc(C#N)c(C)c1C1CN(C[C@@H](C)O)C1. The Morgan fingerprint density at radius 1 is 1.32 bits per heavy atom. The maximum absolute atomic E-state index is 13.7. The Labute approximate surface area is 195 Å². The van der Waals surface area contributed by atoms with Crippen molar-refractivity contribution in [3.05, 3.63) is 40.3 Å². The Morgan fingerprint density at radius 2 is 2.03 bits per heavy atom. The number of halogens is 2. The van der Waals surface area contributed by atoms with Crippen LogP contribution < -0.4 is 10.5 Å². The number of nitrogen functional groups attached to an aromatic ring is 1. The molecule has 11 heteroatoms. The van der Waals surface area contributed by atoms with Gasteiger partial charge in [-0.2, -0.15) is 10.4 Å². The van der Waals surface area contributed by atoms with Crippen molar-refractivity contribution < 1.29 is 18.6 Å². The van der Waals surface area contributed by atoms with E-state index in [0.29, 0.717) is 23.4 Å². The lowest BCUT2D eigenvalue weighted by atomic mass is 9.83. The van der Waals surface area contributed by atoms with Crippen molar-refractivity contribution in [3.63, 3.8) is 0 Å². The van der Waals surface area contributed by atoms with Gasteiger partial charge < -0.3 is 15.6 Å². The van der Waals surface area contributed by atoms with E-state index in [0.717, 1.165) is 24.2 Å². The normalized spacial score (nSPS) is 16.4. The lowest BCUT2D eigenvalue weighted by Gasteiger charge is -2.41. The number of anilines is 1. The van der Waals surface area contributed by atoms with E-state index in [4.69, 9.17) is 10.5 Å². The van der Waals surface area contributed by atoms with E-state index in [1.54, 1.807) is 27.0 Å². The molecule has 180 valence electrons. The fraction of sp³-hybridized carbons (Fsp3) is 0.478. The summed E-state index contributed by atoms with van der Waals surface area (Å²) in [4.78, 5) is 10.1. The lowest BCUT2D eigenvalue weighted by molar-refractivity contribution is 0.0732. The van der Waals surface area contributed by atoms with Crippen LogP contribution in [-0.2, 0) is 0 Å². The summed E-state index contributed by atoms with van der Waals surface area (Å²) in [6.45, 7) is 7.42. The zero-order chi connectivity index (χ0) is 24.7. The Morgan fingerprint density at radius 3 is 2.62 bits per heavy atom. The molecule has 1 aliphatic heterocycles. The number of benzene rings is 1. The van der Waals surface area contributed by atoms with Crippen molar-refractivity contribution in [3.8, 4) is 11.8 Å². The van der Waals surface area contributed by atoms with Gasteiger partial charge >= 0.3 is 0 Å². The molecule has 2 aromatic heterocycles. The Balaban J connectivity index is 1.84. The molecule has 2 atom stereocenters. The molecule has 0 bridgehead atoms. The zero-order valence-electron chi connectivity index (χ0n) is 19.5. The molecule has 3 heterocycles. The second kappa shape index (κ2) is 9.12.